The minimum absolute atomic E-state index is 0.0305. The van der Waals surface area contributed by atoms with Crippen LogP contribution in [0.5, 0.6) is 0 Å². The van der Waals surface area contributed by atoms with Gasteiger partial charge in [0.2, 0.25) is 5.91 Å². The van der Waals surface area contributed by atoms with Gasteiger partial charge in [0, 0.05) is 59.6 Å². The van der Waals surface area contributed by atoms with Crippen molar-refractivity contribution in [2.45, 2.75) is 62.4 Å². The predicted molar refractivity (Wildman–Crippen MR) is 141 cm³/mol. The molecule has 192 valence electrons. The van der Waals surface area contributed by atoms with E-state index in [1.54, 1.807) is 19.3 Å². The molecular weight excluding hydrogens is 510 g/mol. The molecule has 2 aliphatic rings. The van der Waals surface area contributed by atoms with E-state index in [4.69, 9.17) is 10.7 Å². The Morgan fingerprint density at radius 1 is 1.14 bits per heavy atom. The molecule has 2 atom stereocenters. The van der Waals surface area contributed by atoms with E-state index >= 15 is 0 Å². The first kappa shape index (κ1) is 24.0. The zero-order valence-corrected chi connectivity index (χ0v) is 22.4. The Bertz CT molecular complexity index is 1630. The Balaban J connectivity index is 1.45. The molecule has 2 N–H and O–H groups in total. The second kappa shape index (κ2) is 8.59. The smallest absolute Gasteiger partial charge is 0.219 e. The number of pyridine rings is 1. The molecule has 2 aliphatic heterocycles. The molecule has 2 fully saturated rings. The van der Waals surface area contributed by atoms with Gasteiger partial charge in [-0.2, -0.15) is 9.61 Å². The van der Waals surface area contributed by atoms with Gasteiger partial charge in [-0.15, -0.1) is 11.3 Å². The van der Waals surface area contributed by atoms with Crippen LogP contribution in [0.15, 0.2) is 34.8 Å². The summed E-state index contributed by atoms with van der Waals surface area (Å²) in [6, 6.07) is 4.01. The van der Waals surface area contributed by atoms with Crippen molar-refractivity contribution in [3.63, 3.8) is 0 Å². The van der Waals surface area contributed by atoms with E-state index in [2.05, 4.69) is 15.1 Å². The maximum absolute atomic E-state index is 12.9. The zero-order valence-electron chi connectivity index (χ0n) is 20.7. The van der Waals surface area contributed by atoms with Crippen LogP contribution in [0.4, 0.5) is 5.82 Å². The minimum atomic E-state index is -3.69. The number of aryl methyl sites for hydroxylation is 1. The molecule has 0 aromatic carbocycles. The Hall–Kier alpha value is -3.38. The zero-order chi connectivity index (χ0) is 26.1. The van der Waals surface area contributed by atoms with Gasteiger partial charge in [0.05, 0.1) is 17.6 Å². The molecule has 12 heteroatoms. The number of hydrogen-bond donors (Lipinski definition) is 1. The molecule has 2 saturated heterocycles. The lowest BCUT2D eigenvalue weighted by molar-refractivity contribution is -0.133. The van der Waals surface area contributed by atoms with Crippen molar-refractivity contribution in [1.82, 2.24) is 29.5 Å². The van der Waals surface area contributed by atoms with Crippen molar-refractivity contribution in [3.8, 4) is 21.8 Å². The number of amides is 1. The average molecular weight is 538 g/mol. The predicted octanol–water partition coefficient (Wildman–Crippen LogP) is 3.47. The Labute approximate surface area is 218 Å². The van der Waals surface area contributed by atoms with E-state index in [9.17, 15) is 13.2 Å². The number of nitrogens with two attached hydrogens (primary N) is 1. The molecule has 4 aromatic rings. The first-order valence-corrected chi connectivity index (χ1v) is 14.9. The van der Waals surface area contributed by atoms with Gasteiger partial charge in [-0.1, -0.05) is 6.07 Å². The van der Waals surface area contributed by atoms with Gasteiger partial charge in [-0.05, 0) is 38.7 Å². The number of fused-ring (bicyclic) bond motifs is 3. The number of rotatable bonds is 4. The molecule has 0 saturated carbocycles. The Morgan fingerprint density at radius 2 is 1.86 bits per heavy atom. The van der Waals surface area contributed by atoms with Crippen LogP contribution < -0.4 is 5.73 Å². The number of thiazole rings is 1. The quantitative estimate of drug-likeness (QED) is 0.418. The third kappa shape index (κ3) is 3.98. The number of piperidine rings is 1. The summed E-state index contributed by atoms with van der Waals surface area (Å²) in [7, 11) is -3.69. The summed E-state index contributed by atoms with van der Waals surface area (Å²) in [5.74, 6) is -0.00130. The Morgan fingerprint density at radius 3 is 2.43 bits per heavy atom. The van der Waals surface area contributed by atoms with Gasteiger partial charge in [0.25, 0.3) is 0 Å². The number of nitrogen functional groups attached to an aromatic ring is 1. The number of sulfone groups is 1. The number of nitrogens with zero attached hydrogens (tertiary/aromatic N) is 6. The molecule has 0 aliphatic carbocycles. The first-order chi connectivity index (χ1) is 17.6. The second-order valence-corrected chi connectivity index (χ2v) is 12.8. The van der Waals surface area contributed by atoms with E-state index in [-0.39, 0.29) is 34.6 Å². The molecule has 4 aromatic heterocycles. The van der Waals surface area contributed by atoms with Gasteiger partial charge in [-0.25, -0.2) is 18.4 Å². The van der Waals surface area contributed by atoms with Crippen molar-refractivity contribution < 1.29 is 13.2 Å². The van der Waals surface area contributed by atoms with Crippen LogP contribution in [-0.4, -0.2) is 62.1 Å². The van der Waals surface area contributed by atoms with Crippen LogP contribution in [0.2, 0.25) is 0 Å². The van der Waals surface area contributed by atoms with Crippen molar-refractivity contribution in [2.24, 2.45) is 0 Å². The number of hydrogen-bond acceptors (Lipinski definition) is 9. The van der Waals surface area contributed by atoms with Crippen LogP contribution in [0.25, 0.3) is 27.5 Å². The highest BCUT2D eigenvalue weighted by atomic mass is 32.2. The van der Waals surface area contributed by atoms with E-state index in [1.165, 1.54) is 15.9 Å². The van der Waals surface area contributed by atoms with E-state index < -0.39 is 9.84 Å². The molecule has 10 nitrogen and oxygen atoms in total. The standard InChI is InChI=1S/C25H27N7O3S2/c1-13-12-36-25(29-13)20-7-4-15(10-27-20)19-11-28-32-23(26)22(37(3,34)35)21(30-24(19)32)16-8-17-5-6-18(9-16)31(17)14(2)33/h4,7,10-12,16-18H,5-6,8-9,26H2,1-3H3/t17-,18-/m1/s1. The van der Waals surface area contributed by atoms with Crippen molar-refractivity contribution in [1.29, 1.82) is 0 Å². The molecule has 6 rings (SSSR count). The van der Waals surface area contributed by atoms with E-state index in [1.807, 2.05) is 29.3 Å². The van der Waals surface area contributed by atoms with E-state index in [0.717, 1.165) is 41.1 Å². The van der Waals surface area contributed by atoms with Crippen molar-refractivity contribution in [3.05, 3.63) is 41.3 Å². The van der Waals surface area contributed by atoms with Crippen molar-refractivity contribution in [2.75, 3.05) is 12.0 Å². The Kier molecular flexibility index (Phi) is 5.57. The summed E-state index contributed by atoms with van der Waals surface area (Å²) in [5.41, 5.74) is 10.7. The molecule has 2 bridgehead atoms. The fraction of sp³-hybridized carbons (Fsp3) is 0.400. The molecule has 0 radical (unpaired) electrons. The fourth-order valence-electron chi connectivity index (χ4n) is 5.94. The highest BCUT2D eigenvalue weighted by molar-refractivity contribution is 7.91. The average Bonchev–Trinajstić information content (AvgIpc) is 3.54. The van der Waals surface area contributed by atoms with Crippen LogP contribution >= 0.6 is 11.3 Å². The third-order valence-corrected chi connectivity index (χ3v) is 9.57. The maximum Gasteiger partial charge on any atom is 0.219 e. The largest absolute Gasteiger partial charge is 0.382 e. The topological polar surface area (TPSA) is 136 Å². The SMILES string of the molecule is CC(=O)N1[C@@H]2CC[C@@H]1CC(c1nc3c(-c4ccc(-c5nc(C)cs5)nc4)cnn3c(N)c1S(C)(=O)=O)C2. The molecule has 6 heterocycles. The molecule has 0 spiro atoms. The normalized spacial score (nSPS) is 21.6. The van der Waals surface area contributed by atoms with Gasteiger partial charge >= 0.3 is 0 Å². The highest BCUT2D eigenvalue weighted by Crippen LogP contribution is 2.45. The molecule has 0 unspecified atom stereocenters. The lowest BCUT2D eigenvalue weighted by Crippen LogP contribution is -2.45. The minimum Gasteiger partial charge on any atom is -0.382 e. The van der Waals surface area contributed by atoms with Gasteiger partial charge in [0.1, 0.15) is 15.7 Å². The lowest BCUT2D eigenvalue weighted by atomic mass is 9.87. The summed E-state index contributed by atoms with van der Waals surface area (Å²) in [4.78, 5) is 28.2. The number of carbonyl (C=O) groups is 1. The molecular formula is C25H27N7O3S2. The van der Waals surface area contributed by atoms with Crippen LogP contribution in [0.3, 0.4) is 0 Å². The maximum atomic E-state index is 12.9. The van der Waals surface area contributed by atoms with Crippen LogP contribution in [0, 0.1) is 6.92 Å². The summed E-state index contributed by atoms with van der Waals surface area (Å²) >= 11 is 1.54. The van der Waals surface area contributed by atoms with Crippen molar-refractivity contribution >= 4 is 38.5 Å². The number of carbonyl (C=O) groups excluding carboxylic acids is 1. The highest BCUT2D eigenvalue weighted by Gasteiger charge is 2.44. The summed E-state index contributed by atoms with van der Waals surface area (Å²) in [6.07, 6.45) is 7.70. The van der Waals surface area contributed by atoms with E-state index in [0.29, 0.717) is 29.7 Å². The van der Waals surface area contributed by atoms with Crippen LogP contribution in [0.1, 0.15) is 49.9 Å². The first-order valence-electron chi connectivity index (χ1n) is 12.2. The summed E-state index contributed by atoms with van der Waals surface area (Å²) in [5, 5.41) is 7.22. The number of aromatic nitrogens is 5. The van der Waals surface area contributed by atoms with Gasteiger partial charge in [0.15, 0.2) is 15.5 Å². The molecule has 1 amide bonds. The van der Waals surface area contributed by atoms with Gasteiger partial charge < -0.3 is 10.6 Å². The molecule has 37 heavy (non-hydrogen) atoms. The van der Waals surface area contributed by atoms with Crippen LogP contribution in [-0.2, 0) is 14.6 Å². The third-order valence-electron chi connectivity index (χ3n) is 7.43. The lowest BCUT2D eigenvalue weighted by Gasteiger charge is -2.38. The van der Waals surface area contributed by atoms with Gasteiger partial charge in [-0.3, -0.25) is 9.78 Å². The summed E-state index contributed by atoms with van der Waals surface area (Å²) < 4.78 is 27.2. The number of anilines is 1. The summed E-state index contributed by atoms with van der Waals surface area (Å²) in [6.45, 7) is 3.55. The second-order valence-electron chi connectivity index (χ2n) is 9.98. The monoisotopic (exact) mass is 537 g/mol. The fourth-order valence-corrected chi connectivity index (χ4v) is 7.78.